The van der Waals surface area contributed by atoms with Crippen molar-refractivity contribution in [2.45, 2.75) is 25.3 Å². The molecule has 0 saturated heterocycles. The quantitative estimate of drug-likeness (QED) is 0.868. The van der Waals surface area contributed by atoms with E-state index in [2.05, 4.69) is 0 Å². The summed E-state index contributed by atoms with van der Waals surface area (Å²) in [7, 11) is 1.28. The van der Waals surface area contributed by atoms with Gasteiger partial charge in [-0.1, -0.05) is 6.42 Å². The molecule has 3 N–H and O–H groups in total. The molecule has 1 saturated carbocycles. The van der Waals surface area contributed by atoms with Crippen LogP contribution >= 0.6 is 0 Å². The molecule has 1 aliphatic carbocycles. The summed E-state index contributed by atoms with van der Waals surface area (Å²) in [5, 5.41) is 9.41. The number of aliphatic hydroxyl groups excluding tert-OH is 1. The molecule has 1 aromatic carbocycles. The predicted molar refractivity (Wildman–Crippen MR) is 63.2 cm³/mol. The van der Waals surface area contributed by atoms with Gasteiger partial charge in [0.2, 0.25) is 0 Å². The first kappa shape index (κ1) is 13.2. The van der Waals surface area contributed by atoms with Gasteiger partial charge in [0.1, 0.15) is 5.82 Å². The fraction of sp³-hybridized carbons (Fsp3) is 0.538. The number of rotatable bonds is 4. The number of methoxy groups -OCH3 is 1. The third-order valence-electron chi connectivity index (χ3n) is 3.93. The highest BCUT2D eigenvalue weighted by atomic mass is 19.1. The SMILES string of the molecule is COc1cc(F)c(C(N)C2(CO)CCC2)cc1F. The van der Waals surface area contributed by atoms with Crippen LogP contribution in [-0.2, 0) is 0 Å². The standard InChI is InChI=1S/C13H17F2NO2/c1-18-11-6-9(14)8(5-10(11)15)12(16)13(7-17)3-2-4-13/h5-6,12,17H,2-4,7,16H2,1H3. The van der Waals surface area contributed by atoms with Gasteiger partial charge >= 0.3 is 0 Å². The summed E-state index contributed by atoms with van der Waals surface area (Å²) >= 11 is 0. The monoisotopic (exact) mass is 257 g/mol. The van der Waals surface area contributed by atoms with Gasteiger partial charge in [0.15, 0.2) is 11.6 Å². The lowest BCUT2D eigenvalue weighted by Crippen LogP contribution is -2.43. The highest BCUT2D eigenvalue weighted by Gasteiger charge is 2.43. The second kappa shape index (κ2) is 4.82. The molecule has 1 aliphatic rings. The molecule has 0 aromatic heterocycles. The molecule has 0 amide bonds. The highest BCUT2D eigenvalue weighted by molar-refractivity contribution is 5.33. The van der Waals surface area contributed by atoms with Crippen LogP contribution in [0.15, 0.2) is 12.1 Å². The van der Waals surface area contributed by atoms with Crippen LogP contribution in [0.4, 0.5) is 8.78 Å². The molecule has 0 aliphatic heterocycles. The number of ether oxygens (including phenoxy) is 1. The van der Waals surface area contributed by atoms with Crippen LogP contribution < -0.4 is 10.5 Å². The number of nitrogens with two attached hydrogens (primary N) is 1. The molecule has 2 rings (SSSR count). The average molecular weight is 257 g/mol. The lowest BCUT2D eigenvalue weighted by atomic mass is 9.63. The molecule has 0 radical (unpaired) electrons. The third kappa shape index (κ3) is 1.97. The molecule has 5 heteroatoms. The van der Waals surface area contributed by atoms with Crippen LogP contribution in [-0.4, -0.2) is 18.8 Å². The Morgan fingerprint density at radius 3 is 2.50 bits per heavy atom. The zero-order chi connectivity index (χ0) is 13.3. The van der Waals surface area contributed by atoms with Gasteiger partial charge in [-0.3, -0.25) is 0 Å². The van der Waals surface area contributed by atoms with Gasteiger partial charge in [0.25, 0.3) is 0 Å². The summed E-state index contributed by atoms with van der Waals surface area (Å²) in [6.45, 7) is -0.110. The van der Waals surface area contributed by atoms with Crippen molar-refractivity contribution in [3.8, 4) is 5.75 Å². The van der Waals surface area contributed by atoms with E-state index in [9.17, 15) is 13.9 Å². The Labute approximate surface area is 105 Å². The lowest BCUT2D eigenvalue weighted by Gasteiger charge is -2.45. The molecule has 0 heterocycles. The first-order chi connectivity index (χ1) is 8.54. The maximum Gasteiger partial charge on any atom is 0.165 e. The summed E-state index contributed by atoms with van der Waals surface area (Å²) < 4.78 is 32.2. The predicted octanol–water partition coefficient (Wildman–Crippen LogP) is 2.14. The molecule has 100 valence electrons. The van der Waals surface area contributed by atoms with E-state index in [4.69, 9.17) is 10.5 Å². The van der Waals surface area contributed by atoms with Crippen molar-refractivity contribution in [2.75, 3.05) is 13.7 Å². The molecular weight excluding hydrogens is 240 g/mol. The maximum atomic E-state index is 13.9. The van der Waals surface area contributed by atoms with Crippen LogP contribution in [0.1, 0.15) is 30.9 Å². The first-order valence-corrected chi connectivity index (χ1v) is 5.93. The maximum absolute atomic E-state index is 13.9. The molecule has 1 atom stereocenters. The minimum absolute atomic E-state index is 0.0991. The van der Waals surface area contributed by atoms with Crippen molar-refractivity contribution < 1.29 is 18.6 Å². The van der Waals surface area contributed by atoms with E-state index >= 15 is 0 Å². The molecule has 0 spiro atoms. The zero-order valence-electron chi connectivity index (χ0n) is 10.2. The van der Waals surface area contributed by atoms with Gasteiger partial charge in [-0.15, -0.1) is 0 Å². The smallest absolute Gasteiger partial charge is 0.165 e. The van der Waals surface area contributed by atoms with Crippen LogP contribution in [0.25, 0.3) is 0 Å². The molecule has 1 unspecified atom stereocenters. The fourth-order valence-electron chi connectivity index (χ4n) is 2.47. The van der Waals surface area contributed by atoms with E-state index in [0.717, 1.165) is 31.4 Å². The Bertz CT molecular complexity index is 441. The molecule has 0 bridgehead atoms. The molecule has 3 nitrogen and oxygen atoms in total. The lowest BCUT2D eigenvalue weighted by molar-refractivity contribution is 0.0173. The summed E-state index contributed by atoms with van der Waals surface area (Å²) in [6, 6.07) is 1.36. The second-order valence-corrected chi connectivity index (χ2v) is 4.86. The Morgan fingerprint density at radius 2 is 2.06 bits per heavy atom. The van der Waals surface area contributed by atoms with Gasteiger partial charge < -0.3 is 15.6 Å². The molecule has 1 fully saturated rings. The van der Waals surface area contributed by atoms with E-state index in [1.807, 2.05) is 0 Å². The topological polar surface area (TPSA) is 55.5 Å². The molecule has 1 aromatic rings. The molecular formula is C13H17F2NO2. The van der Waals surface area contributed by atoms with Crippen molar-refractivity contribution in [3.05, 3.63) is 29.3 Å². The highest BCUT2D eigenvalue weighted by Crippen LogP contribution is 2.49. The fourth-order valence-corrected chi connectivity index (χ4v) is 2.47. The minimum atomic E-state index is -0.698. The number of halogens is 2. The summed E-state index contributed by atoms with van der Waals surface area (Å²) in [4.78, 5) is 0. The summed E-state index contributed by atoms with van der Waals surface area (Å²) in [6.07, 6.45) is 2.42. The minimum Gasteiger partial charge on any atom is -0.494 e. The van der Waals surface area contributed by atoms with Crippen molar-refractivity contribution in [1.82, 2.24) is 0 Å². The van der Waals surface area contributed by atoms with E-state index in [-0.39, 0.29) is 17.9 Å². The number of hydrogen-bond donors (Lipinski definition) is 2. The van der Waals surface area contributed by atoms with Crippen molar-refractivity contribution in [3.63, 3.8) is 0 Å². The number of benzene rings is 1. The second-order valence-electron chi connectivity index (χ2n) is 4.86. The van der Waals surface area contributed by atoms with Gasteiger partial charge in [0.05, 0.1) is 13.7 Å². The van der Waals surface area contributed by atoms with E-state index in [1.54, 1.807) is 0 Å². The first-order valence-electron chi connectivity index (χ1n) is 5.93. The number of aliphatic hydroxyl groups is 1. The van der Waals surface area contributed by atoms with E-state index in [1.165, 1.54) is 7.11 Å². The Hall–Kier alpha value is -1.20. The normalized spacial score (nSPS) is 19.2. The number of hydrogen-bond acceptors (Lipinski definition) is 3. The Balaban J connectivity index is 2.36. The summed E-state index contributed by atoms with van der Waals surface area (Å²) in [5.41, 5.74) is 5.59. The van der Waals surface area contributed by atoms with Gasteiger partial charge in [-0.25, -0.2) is 8.78 Å². The van der Waals surface area contributed by atoms with Crippen LogP contribution in [0.2, 0.25) is 0 Å². The van der Waals surface area contributed by atoms with Crippen molar-refractivity contribution in [2.24, 2.45) is 11.1 Å². The van der Waals surface area contributed by atoms with Gasteiger partial charge in [-0.2, -0.15) is 0 Å². The Kier molecular flexibility index (Phi) is 3.54. The van der Waals surface area contributed by atoms with Crippen LogP contribution in [0.5, 0.6) is 5.75 Å². The van der Waals surface area contributed by atoms with Crippen LogP contribution in [0, 0.1) is 17.0 Å². The zero-order valence-corrected chi connectivity index (χ0v) is 10.2. The van der Waals surface area contributed by atoms with E-state index in [0.29, 0.717) is 0 Å². The van der Waals surface area contributed by atoms with Crippen molar-refractivity contribution in [1.29, 1.82) is 0 Å². The van der Waals surface area contributed by atoms with Gasteiger partial charge in [0, 0.05) is 23.1 Å². The molecule has 18 heavy (non-hydrogen) atoms. The summed E-state index contributed by atoms with van der Waals surface area (Å²) in [5.74, 6) is -1.38. The average Bonchev–Trinajstić information content (AvgIpc) is 2.30. The van der Waals surface area contributed by atoms with Crippen LogP contribution in [0.3, 0.4) is 0 Å². The van der Waals surface area contributed by atoms with Gasteiger partial charge in [-0.05, 0) is 18.9 Å². The third-order valence-corrected chi connectivity index (χ3v) is 3.93. The van der Waals surface area contributed by atoms with Crippen molar-refractivity contribution >= 4 is 0 Å². The largest absolute Gasteiger partial charge is 0.494 e. The van der Waals surface area contributed by atoms with E-state index < -0.39 is 23.1 Å². The Morgan fingerprint density at radius 1 is 1.39 bits per heavy atom.